The number of carbonyl (C=O) groups is 2. The molecule has 0 aromatic heterocycles. The Labute approximate surface area is 215 Å². The highest BCUT2D eigenvalue weighted by Crippen LogP contribution is 2.44. The van der Waals surface area contributed by atoms with E-state index in [1.54, 1.807) is 24.0 Å². The molecule has 0 unspecified atom stereocenters. The lowest BCUT2D eigenvalue weighted by Crippen LogP contribution is -2.49. The number of nitrogens with zero attached hydrogens (tertiary/aromatic N) is 2. The van der Waals surface area contributed by atoms with Gasteiger partial charge in [0.1, 0.15) is 6.61 Å². The molecule has 1 aliphatic carbocycles. The predicted octanol–water partition coefficient (Wildman–Crippen LogP) is 2.37. The summed E-state index contributed by atoms with van der Waals surface area (Å²) in [6.07, 6.45) is -0.567. The zero-order chi connectivity index (χ0) is 26.1. The molecular weight excluding hydrogens is 471 g/mol. The molecule has 0 radical (unpaired) electrons. The second-order valence-electron chi connectivity index (χ2n) is 9.54. The van der Waals surface area contributed by atoms with Crippen molar-refractivity contribution in [1.82, 2.24) is 4.90 Å². The topological polar surface area (TPSA) is 111 Å². The zero-order valence-corrected chi connectivity index (χ0v) is 20.6. The van der Waals surface area contributed by atoms with Crippen molar-refractivity contribution in [2.75, 3.05) is 37.7 Å². The number of anilines is 1. The van der Waals surface area contributed by atoms with E-state index in [9.17, 15) is 24.7 Å². The summed E-state index contributed by atoms with van der Waals surface area (Å²) in [6.45, 7) is 3.86. The standard InChI is InChI=1S/C28H29BN2O6/c1-18-19(15-27(32)33)14-20(16-26(18)29(35)36)30-10-12-31(13-11-30)28(34)37-17-25-23-8-4-2-6-21(23)22-7-3-5-9-24(22)25/h2-9,14,16,25,35-36H,10-13,15,17H2,1H3,(H,32,33). The fourth-order valence-electron chi connectivity index (χ4n) is 5.41. The maximum atomic E-state index is 12.9. The summed E-state index contributed by atoms with van der Waals surface area (Å²) >= 11 is 0. The average Bonchev–Trinajstić information content (AvgIpc) is 3.22. The number of carboxylic acid groups (broad SMARTS) is 1. The van der Waals surface area contributed by atoms with Gasteiger partial charge in [0.15, 0.2) is 0 Å². The van der Waals surface area contributed by atoms with Crippen molar-refractivity contribution in [3.05, 3.63) is 82.9 Å². The van der Waals surface area contributed by atoms with Crippen molar-refractivity contribution in [1.29, 1.82) is 0 Å². The smallest absolute Gasteiger partial charge is 0.481 e. The van der Waals surface area contributed by atoms with Gasteiger partial charge in [-0.1, -0.05) is 48.5 Å². The highest BCUT2D eigenvalue weighted by atomic mass is 16.6. The molecule has 3 aromatic rings. The number of aliphatic carboxylic acids is 1. The summed E-state index contributed by atoms with van der Waals surface area (Å²) in [5, 5.41) is 28.8. The quantitative estimate of drug-likeness (QED) is 0.446. The first-order valence-electron chi connectivity index (χ1n) is 12.4. The molecule has 0 bridgehead atoms. The van der Waals surface area contributed by atoms with E-state index in [-0.39, 0.29) is 30.5 Å². The second kappa shape index (κ2) is 10.3. The molecule has 8 nitrogen and oxygen atoms in total. The van der Waals surface area contributed by atoms with Gasteiger partial charge in [-0.15, -0.1) is 0 Å². The Bertz CT molecular complexity index is 1290. The number of amides is 1. The highest BCUT2D eigenvalue weighted by Gasteiger charge is 2.31. The van der Waals surface area contributed by atoms with Crippen molar-refractivity contribution >= 4 is 30.3 Å². The molecule has 5 rings (SSSR count). The van der Waals surface area contributed by atoms with Gasteiger partial charge >= 0.3 is 19.2 Å². The molecule has 9 heteroatoms. The van der Waals surface area contributed by atoms with Gasteiger partial charge in [0.2, 0.25) is 0 Å². The summed E-state index contributed by atoms with van der Waals surface area (Å²) in [5.74, 6) is -0.986. The Hall–Kier alpha value is -3.82. The van der Waals surface area contributed by atoms with Gasteiger partial charge < -0.3 is 29.7 Å². The van der Waals surface area contributed by atoms with Crippen molar-refractivity contribution in [2.45, 2.75) is 19.3 Å². The lowest BCUT2D eigenvalue weighted by Gasteiger charge is -2.36. The second-order valence-corrected chi connectivity index (χ2v) is 9.54. The SMILES string of the molecule is Cc1c(CC(=O)O)cc(N2CCN(C(=O)OCC3c4ccccc4-c4ccccc43)CC2)cc1B(O)O. The first-order valence-corrected chi connectivity index (χ1v) is 12.4. The molecule has 1 aliphatic heterocycles. The van der Waals surface area contributed by atoms with Crippen LogP contribution in [0.3, 0.4) is 0 Å². The molecule has 1 heterocycles. The third kappa shape index (κ3) is 4.92. The molecule has 1 fully saturated rings. The Morgan fingerprint density at radius 1 is 0.946 bits per heavy atom. The third-order valence-electron chi connectivity index (χ3n) is 7.40. The van der Waals surface area contributed by atoms with Crippen molar-refractivity contribution in [2.24, 2.45) is 0 Å². The molecule has 190 valence electrons. The van der Waals surface area contributed by atoms with Crippen LogP contribution in [0, 0.1) is 6.92 Å². The summed E-state index contributed by atoms with van der Waals surface area (Å²) in [7, 11) is -1.70. The number of carboxylic acids is 1. The third-order valence-corrected chi connectivity index (χ3v) is 7.40. The number of hydrogen-bond acceptors (Lipinski definition) is 6. The van der Waals surface area contributed by atoms with E-state index in [0.29, 0.717) is 43.0 Å². The Morgan fingerprint density at radius 2 is 1.54 bits per heavy atom. The first-order chi connectivity index (χ1) is 17.8. The zero-order valence-electron chi connectivity index (χ0n) is 20.6. The van der Waals surface area contributed by atoms with Crippen LogP contribution in [-0.4, -0.2) is 72.0 Å². The molecule has 3 aromatic carbocycles. The predicted molar refractivity (Wildman–Crippen MR) is 141 cm³/mol. The largest absolute Gasteiger partial charge is 0.488 e. The summed E-state index contributed by atoms with van der Waals surface area (Å²) in [5.41, 5.74) is 6.77. The van der Waals surface area contributed by atoms with Crippen LogP contribution >= 0.6 is 0 Å². The van der Waals surface area contributed by atoms with Crippen LogP contribution < -0.4 is 10.4 Å². The molecule has 0 atom stereocenters. The van der Waals surface area contributed by atoms with Crippen LogP contribution in [0.1, 0.15) is 28.2 Å². The number of rotatable bonds is 6. The molecular formula is C28H29BN2O6. The van der Waals surface area contributed by atoms with E-state index in [4.69, 9.17) is 4.74 Å². The Kier molecular flexibility index (Phi) is 6.91. The lowest BCUT2D eigenvalue weighted by molar-refractivity contribution is -0.136. The number of carbonyl (C=O) groups excluding carboxylic acids is 1. The maximum absolute atomic E-state index is 12.9. The minimum absolute atomic E-state index is 0.00110. The summed E-state index contributed by atoms with van der Waals surface area (Å²) < 4.78 is 5.79. The number of hydrogen-bond donors (Lipinski definition) is 3. The molecule has 0 spiro atoms. The van der Waals surface area contributed by atoms with Gasteiger partial charge in [-0.05, 0) is 57.9 Å². The highest BCUT2D eigenvalue weighted by molar-refractivity contribution is 6.59. The minimum atomic E-state index is -1.70. The van der Waals surface area contributed by atoms with Crippen LogP contribution in [0.4, 0.5) is 10.5 Å². The normalized spacial score (nSPS) is 14.8. The van der Waals surface area contributed by atoms with Crippen LogP contribution in [0.2, 0.25) is 0 Å². The maximum Gasteiger partial charge on any atom is 0.488 e. The number of ether oxygens (including phenoxy) is 1. The fourth-order valence-corrected chi connectivity index (χ4v) is 5.41. The lowest BCUT2D eigenvalue weighted by atomic mass is 9.75. The molecule has 1 amide bonds. The minimum Gasteiger partial charge on any atom is -0.481 e. The number of fused-ring (bicyclic) bond motifs is 3. The van der Waals surface area contributed by atoms with Crippen LogP contribution in [0.15, 0.2) is 60.7 Å². The molecule has 1 saturated heterocycles. The van der Waals surface area contributed by atoms with E-state index in [2.05, 4.69) is 24.3 Å². The molecule has 37 heavy (non-hydrogen) atoms. The fraction of sp³-hybridized carbons (Fsp3) is 0.286. The van der Waals surface area contributed by atoms with Gasteiger partial charge in [0.05, 0.1) is 6.42 Å². The van der Waals surface area contributed by atoms with Crippen molar-refractivity contribution in [3.8, 4) is 11.1 Å². The van der Waals surface area contributed by atoms with Gasteiger partial charge in [0, 0.05) is 37.8 Å². The first kappa shape index (κ1) is 24.9. The average molecular weight is 500 g/mol. The summed E-state index contributed by atoms with van der Waals surface area (Å²) in [6, 6.07) is 19.9. The number of benzene rings is 3. The number of piperazine rings is 1. The van der Waals surface area contributed by atoms with E-state index in [0.717, 1.165) is 0 Å². The van der Waals surface area contributed by atoms with E-state index < -0.39 is 13.1 Å². The Morgan fingerprint density at radius 3 is 2.11 bits per heavy atom. The van der Waals surface area contributed by atoms with Crippen LogP contribution in [-0.2, 0) is 16.0 Å². The van der Waals surface area contributed by atoms with Gasteiger partial charge in [-0.2, -0.15) is 0 Å². The van der Waals surface area contributed by atoms with E-state index in [1.807, 2.05) is 29.2 Å². The van der Waals surface area contributed by atoms with Gasteiger partial charge in [0.25, 0.3) is 0 Å². The van der Waals surface area contributed by atoms with Crippen molar-refractivity contribution < 1.29 is 29.5 Å². The van der Waals surface area contributed by atoms with Gasteiger partial charge in [-0.25, -0.2) is 4.79 Å². The van der Waals surface area contributed by atoms with E-state index in [1.165, 1.54) is 22.3 Å². The molecule has 2 aliphatic rings. The monoisotopic (exact) mass is 500 g/mol. The van der Waals surface area contributed by atoms with Crippen molar-refractivity contribution in [3.63, 3.8) is 0 Å². The van der Waals surface area contributed by atoms with Crippen LogP contribution in [0.25, 0.3) is 11.1 Å². The van der Waals surface area contributed by atoms with Crippen LogP contribution in [0.5, 0.6) is 0 Å². The molecule has 0 saturated carbocycles. The molecule has 3 N–H and O–H groups in total. The van der Waals surface area contributed by atoms with E-state index >= 15 is 0 Å². The summed E-state index contributed by atoms with van der Waals surface area (Å²) in [4.78, 5) is 27.9. The Balaban J connectivity index is 1.24. The van der Waals surface area contributed by atoms with Gasteiger partial charge in [-0.3, -0.25) is 4.79 Å².